The van der Waals surface area contributed by atoms with Gasteiger partial charge in [0, 0.05) is 6.54 Å². The van der Waals surface area contributed by atoms with E-state index in [1.165, 1.54) is 0 Å². The highest BCUT2D eigenvalue weighted by Crippen LogP contribution is 2.25. The van der Waals surface area contributed by atoms with Gasteiger partial charge in [-0.15, -0.1) is 0 Å². The Hall–Kier alpha value is -2.46. The molecule has 4 heteroatoms. The van der Waals surface area contributed by atoms with Crippen LogP contribution in [0.3, 0.4) is 0 Å². The van der Waals surface area contributed by atoms with Gasteiger partial charge in [-0.3, -0.25) is 4.79 Å². The second-order valence-corrected chi connectivity index (χ2v) is 7.83. The van der Waals surface area contributed by atoms with E-state index in [1.807, 2.05) is 79.9 Å². The molecule has 0 aliphatic rings. The molecule has 142 valence electrons. The number of benzene rings is 2. The fourth-order valence-electron chi connectivity index (χ4n) is 3.24. The first-order chi connectivity index (χ1) is 12.9. The largest absolute Gasteiger partial charge is 0.375 e. The van der Waals surface area contributed by atoms with Crippen molar-refractivity contribution in [3.63, 3.8) is 0 Å². The summed E-state index contributed by atoms with van der Waals surface area (Å²) in [5, 5.41) is 0. The molecule has 0 fully saturated rings. The molecule has 0 N–H and O–H groups in total. The summed E-state index contributed by atoms with van der Waals surface area (Å²) < 4.78 is 7.93. The van der Waals surface area contributed by atoms with Gasteiger partial charge in [-0.05, 0) is 44.9 Å². The van der Waals surface area contributed by atoms with Gasteiger partial charge < -0.3 is 9.30 Å². The SMILES string of the molecule is CCCn1c(=O)c(C(COC(C)(C)C)c2ccccc2)nc2ccccc21. The van der Waals surface area contributed by atoms with Crippen LogP contribution in [0.15, 0.2) is 59.4 Å². The monoisotopic (exact) mass is 364 g/mol. The fraction of sp³-hybridized carbons (Fsp3) is 0.391. The van der Waals surface area contributed by atoms with Gasteiger partial charge in [0.25, 0.3) is 5.56 Å². The van der Waals surface area contributed by atoms with Crippen molar-refractivity contribution in [3.05, 3.63) is 76.2 Å². The lowest BCUT2D eigenvalue weighted by Crippen LogP contribution is -2.31. The third kappa shape index (κ3) is 4.45. The number of hydrogen-bond donors (Lipinski definition) is 0. The zero-order chi connectivity index (χ0) is 19.4. The first-order valence-corrected chi connectivity index (χ1v) is 9.59. The van der Waals surface area contributed by atoms with E-state index < -0.39 is 0 Å². The lowest BCUT2D eigenvalue weighted by Gasteiger charge is -2.25. The summed E-state index contributed by atoms with van der Waals surface area (Å²) >= 11 is 0. The molecule has 0 saturated carbocycles. The quantitative estimate of drug-likeness (QED) is 0.634. The Bertz CT molecular complexity index is 956. The standard InChI is InChI=1S/C23H28N2O2/c1-5-15-25-20-14-10-9-13-19(20)24-21(22(25)26)18(16-27-23(2,3)4)17-11-7-6-8-12-17/h6-14,18H,5,15-16H2,1-4H3. The Labute approximate surface area is 160 Å². The second-order valence-electron chi connectivity index (χ2n) is 7.83. The average molecular weight is 364 g/mol. The van der Waals surface area contributed by atoms with Crippen LogP contribution in [0.1, 0.15) is 51.3 Å². The molecule has 2 aromatic carbocycles. The maximum absolute atomic E-state index is 13.4. The van der Waals surface area contributed by atoms with Gasteiger partial charge in [-0.25, -0.2) is 4.98 Å². The summed E-state index contributed by atoms with van der Waals surface area (Å²) in [7, 11) is 0. The Morgan fingerprint density at radius 2 is 1.70 bits per heavy atom. The molecular formula is C23H28N2O2. The number of rotatable bonds is 6. The minimum atomic E-state index is -0.285. The van der Waals surface area contributed by atoms with Crippen molar-refractivity contribution in [1.82, 2.24) is 9.55 Å². The van der Waals surface area contributed by atoms with Gasteiger partial charge in [-0.1, -0.05) is 49.4 Å². The number of aromatic nitrogens is 2. The molecule has 3 rings (SSSR count). The first kappa shape index (κ1) is 19.3. The van der Waals surface area contributed by atoms with E-state index >= 15 is 0 Å². The smallest absolute Gasteiger partial charge is 0.273 e. The van der Waals surface area contributed by atoms with Gasteiger partial charge in [0.05, 0.1) is 29.2 Å². The van der Waals surface area contributed by atoms with Gasteiger partial charge in [-0.2, -0.15) is 0 Å². The van der Waals surface area contributed by atoms with Crippen molar-refractivity contribution in [3.8, 4) is 0 Å². The van der Waals surface area contributed by atoms with Crippen molar-refractivity contribution in [2.24, 2.45) is 0 Å². The molecule has 0 aliphatic carbocycles. The molecular weight excluding hydrogens is 336 g/mol. The van der Waals surface area contributed by atoms with Crippen LogP contribution in [0, 0.1) is 0 Å². The number of nitrogens with zero attached hydrogens (tertiary/aromatic N) is 2. The summed E-state index contributed by atoms with van der Waals surface area (Å²) in [6.45, 7) is 9.25. The molecule has 0 spiro atoms. The lowest BCUT2D eigenvalue weighted by atomic mass is 9.96. The molecule has 4 nitrogen and oxygen atoms in total. The minimum Gasteiger partial charge on any atom is -0.375 e. The van der Waals surface area contributed by atoms with Crippen LogP contribution in [0.2, 0.25) is 0 Å². The predicted molar refractivity (Wildman–Crippen MR) is 110 cm³/mol. The zero-order valence-electron chi connectivity index (χ0n) is 16.6. The predicted octanol–water partition coefficient (Wildman–Crippen LogP) is 4.75. The van der Waals surface area contributed by atoms with Crippen LogP contribution in [-0.2, 0) is 11.3 Å². The Morgan fingerprint density at radius 1 is 1.04 bits per heavy atom. The number of para-hydroxylation sites is 2. The molecule has 1 heterocycles. The first-order valence-electron chi connectivity index (χ1n) is 9.59. The molecule has 0 saturated heterocycles. The number of ether oxygens (including phenoxy) is 1. The second kappa shape index (κ2) is 8.05. The maximum atomic E-state index is 13.4. The molecule has 1 aromatic heterocycles. The van der Waals surface area contributed by atoms with Crippen LogP contribution in [0.25, 0.3) is 11.0 Å². The molecule has 0 aliphatic heterocycles. The van der Waals surface area contributed by atoms with Crippen LogP contribution in [-0.4, -0.2) is 21.8 Å². The maximum Gasteiger partial charge on any atom is 0.273 e. The topological polar surface area (TPSA) is 44.1 Å². The average Bonchev–Trinajstić information content (AvgIpc) is 2.65. The summed E-state index contributed by atoms with van der Waals surface area (Å²) in [5.41, 5.74) is 3.02. The van der Waals surface area contributed by atoms with Crippen molar-refractivity contribution in [2.75, 3.05) is 6.61 Å². The van der Waals surface area contributed by atoms with Crippen molar-refractivity contribution in [2.45, 2.75) is 52.2 Å². The van der Waals surface area contributed by atoms with Gasteiger partial charge in [0.15, 0.2) is 0 Å². The minimum absolute atomic E-state index is 0.0260. The Kier molecular flexibility index (Phi) is 5.76. The highest BCUT2D eigenvalue weighted by atomic mass is 16.5. The molecule has 3 aromatic rings. The molecule has 0 bridgehead atoms. The number of aryl methyl sites for hydroxylation is 1. The third-order valence-electron chi connectivity index (χ3n) is 4.54. The highest BCUT2D eigenvalue weighted by molar-refractivity contribution is 5.74. The Morgan fingerprint density at radius 3 is 2.37 bits per heavy atom. The molecule has 0 amide bonds. The molecule has 1 unspecified atom stereocenters. The van der Waals surface area contributed by atoms with Crippen molar-refractivity contribution in [1.29, 1.82) is 0 Å². The Balaban J connectivity index is 2.17. The van der Waals surface area contributed by atoms with E-state index in [-0.39, 0.29) is 17.1 Å². The van der Waals surface area contributed by atoms with E-state index in [2.05, 4.69) is 6.92 Å². The summed E-state index contributed by atoms with van der Waals surface area (Å²) in [6, 6.07) is 17.9. The third-order valence-corrected chi connectivity index (χ3v) is 4.54. The van der Waals surface area contributed by atoms with E-state index in [0.717, 1.165) is 23.0 Å². The number of fused-ring (bicyclic) bond motifs is 1. The zero-order valence-corrected chi connectivity index (χ0v) is 16.6. The van der Waals surface area contributed by atoms with E-state index in [0.29, 0.717) is 18.8 Å². The normalized spacial score (nSPS) is 13.0. The number of hydrogen-bond acceptors (Lipinski definition) is 3. The van der Waals surface area contributed by atoms with Crippen LogP contribution >= 0.6 is 0 Å². The molecule has 1 atom stereocenters. The van der Waals surface area contributed by atoms with Gasteiger partial charge >= 0.3 is 0 Å². The summed E-state index contributed by atoms with van der Waals surface area (Å²) in [5.74, 6) is -0.203. The van der Waals surface area contributed by atoms with Crippen molar-refractivity contribution < 1.29 is 4.74 Å². The van der Waals surface area contributed by atoms with Crippen LogP contribution < -0.4 is 5.56 Å². The van der Waals surface area contributed by atoms with Crippen molar-refractivity contribution >= 4 is 11.0 Å². The summed E-state index contributed by atoms with van der Waals surface area (Å²) in [4.78, 5) is 18.1. The highest BCUT2D eigenvalue weighted by Gasteiger charge is 2.24. The van der Waals surface area contributed by atoms with E-state index in [9.17, 15) is 4.79 Å². The van der Waals surface area contributed by atoms with Crippen LogP contribution in [0.5, 0.6) is 0 Å². The van der Waals surface area contributed by atoms with Gasteiger partial charge in [0.1, 0.15) is 5.69 Å². The van der Waals surface area contributed by atoms with Crippen LogP contribution in [0.4, 0.5) is 0 Å². The van der Waals surface area contributed by atoms with E-state index in [4.69, 9.17) is 9.72 Å². The lowest BCUT2D eigenvalue weighted by molar-refractivity contribution is -0.00717. The summed E-state index contributed by atoms with van der Waals surface area (Å²) in [6.07, 6.45) is 0.891. The molecule has 0 radical (unpaired) electrons. The fourth-order valence-corrected chi connectivity index (χ4v) is 3.24. The molecule has 27 heavy (non-hydrogen) atoms. The van der Waals surface area contributed by atoms with Gasteiger partial charge in [0.2, 0.25) is 0 Å². The van der Waals surface area contributed by atoms with E-state index in [1.54, 1.807) is 0 Å².